The molecule has 0 radical (unpaired) electrons. The summed E-state index contributed by atoms with van der Waals surface area (Å²) in [6.07, 6.45) is 1.83. The fourth-order valence-electron chi connectivity index (χ4n) is 2.69. The van der Waals surface area contributed by atoms with Crippen LogP contribution in [0.25, 0.3) is 27.5 Å². The van der Waals surface area contributed by atoms with Crippen molar-refractivity contribution in [3.63, 3.8) is 0 Å². The lowest BCUT2D eigenvalue weighted by atomic mass is 10.0. The van der Waals surface area contributed by atoms with E-state index in [1.165, 1.54) is 0 Å². The monoisotopic (exact) mass is 327 g/mol. The van der Waals surface area contributed by atoms with E-state index in [4.69, 9.17) is 23.2 Å². The van der Waals surface area contributed by atoms with E-state index >= 15 is 0 Å². The Hall–Kier alpha value is -2.10. The van der Waals surface area contributed by atoms with Crippen LogP contribution >= 0.6 is 23.2 Å². The van der Waals surface area contributed by atoms with Crippen molar-refractivity contribution in [2.45, 2.75) is 5.88 Å². The zero-order chi connectivity index (χ0) is 15.1. The van der Waals surface area contributed by atoms with Gasteiger partial charge < -0.3 is 0 Å². The molecule has 0 unspecified atom stereocenters. The SMILES string of the molecule is ClCc1ccn2nc(Cl)c(-c3cccc4ccccc34)c2n1. The maximum Gasteiger partial charge on any atom is 0.164 e. The van der Waals surface area contributed by atoms with Gasteiger partial charge in [0, 0.05) is 6.20 Å². The van der Waals surface area contributed by atoms with E-state index in [0.717, 1.165) is 33.2 Å². The van der Waals surface area contributed by atoms with E-state index < -0.39 is 0 Å². The van der Waals surface area contributed by atoms with Crippen molar-refractivity contribution in [2.24, 2.45) is 0 Å². The lowest BCUT2D eigenvalue weighted by molar-refractivity contribution is 0.927. The highest BCUT2D eigenvalue weighted by Gasteiger charge is 2.16. The predicted molar refractivity (Wildman–Crippen MR) is 90.5 cm³/mol. The summed E-state index contributed by atoms with van der Waals surface area (Å²) in [5, 5.41) is 7.07. The van der Waals surface area contributed by atoms with Crippen LogP contribution < -0.4 is 0 Å². The summed E-state index contributed by atoms with van der Waals surface area (Å²) < 4.78 is 1.69. The zero-order valence-electron chi connectivity index (χ0n) is 11.5. The van der Waals surface area contributed by atoms with E-state index in [0.29, 0.717) is 11.0 Å². The second kappa shape index (κ2) is 5.27. The van der Waals surface area contributed by atoms with Crippen molar-refractivity contribution in [3.05, 3.63) is 65.6 Å². The van der Waals surface area contributed by atoms with Crippen LogP contribution in [-0.2, 0) is 5.88 Å². The maximum atomic E-state index is 6.39. The van der Waals surface area contributed by atoms with E-state index in [2.05, 4.69) is 28.3 Å². The van der Waals surface area contributed by atoms with Crippen molar-refractivity contribution >= 4 is 39.6 Å². The molecule has 4 aromatic rings. The molecule has 5 heteroatoms. The van der Waals surface area contributed by atoms with Crippen LogP contribution in [0.15, 0.2) is 54.7 Å². The number of fused-ring (bicyclic) bond motifs is 2. The smallest absolute Gasteiger partial charge is 0.164 e. The molecule has 22 heavy (non-hydrogen) atoms. The quantitative estimate of drug-likeness (QED) is 0.488. The van der Waals surface area contributed by atoms with Crippen molar-refractivity contribution in [1.82, 2.24) is 14.6 Å². The molecule has 0 atom stereocenters. The standard InChI is InChI=1S/C17H11Cl2N3/c18-10-12-8-9-22-17(20-12)15(16(19)21-22)14-7-3-5-11-4-1-2-6-13(11)14/h1-9H,10H2. The predicted octanol–water partition coefficient (Wildman–Crippen LogP) is 4.94. The number of benzene rings is 2. The summed E-state index contributed by atoms with van der Waals surface area (Å²) in [5.74, 6) is 0.355. The van der Waals surface area contributed by atoms with Gasteiger partial charge >= 0.3 is 0 Å². The Morgan fingerprint density at radius 3 is 2.68 bits per heavy atom. The van der Waals surface area contributed by atoms with Crippen LogP contribution in [-0.4, -0.2) is 14.6 Å². The topological polar surface area (TPSA) is 30.2 Å². The van der Waals surface area contributed by atoms with Gasteiger partial charge in [-0.1, -0.05) is 54.1 Å². The number of hydrogen-bond acceptors (Lipinski definition) is 2. The molecule has 0 aliphatic heterocycles. The molecular formula is C17H11Cl2N3. The average Bonchev–Trinajstić information content (AvgIpc) is 2.89. The lowest BCUT2D eigenvalue weighted by Gasteiger charge is -2.06. The molecule has 2 aromatic carbocycles. The zero-order valence-corrected chi connectivity index (χ0v) is 13.0. The van der Waals surface area contributed by atoms with Gasteiger partial charge in [0.05, 0.1) is 17.1 Å². The Labute approximate surface area is 137 Å². The second-order valence-corrected chi connectivity index (χ2v) is 5.64. The summed E-state index contributed by atoms with van der Waals surface area (Å²) in [5.41, 5.74) is 3.38. The summed E-state index contributed by atoms with van der Waals surface area (Å²) >= 11 is 12.3. The van der Waals surface area contributed by atoms with Gasteiger partial charge in [0.2, 0.25) is 0 Å². The third kappa shape index (κ3) is 2.05. The number of halogens is 2. The first kappa shape index (κ1) is 13.6. The third-order valence-electron chi connectivity index (χ3n) is 3.70. The molecule has 3 nitrogen and oxygen atoms in total. The Morgan fingerprint density at radius 2 is 1.82 bits per heavy atom. The fraction of sp³-hybridized carbons (Fsp3) is 0.0588. The van der Waals surface area contributed by atoms with Gasteiger partial charge in [-0.2, -0.15) is 5.10 Å². The second-order valence-electron chi connectivity index (χ2n) is 5.01. The van der Waals surface area contributed by atoms with Crippen LogP contribution in [0.2, 0.25) is 5.15 Å². The summed E-state index contributed by atoms with van der Waals surface area (Å²) in [6.45, 7) is 0. The van der Waals surface area contributed by atoms with Crippen LogP contribution in [0.5, 0.6) is 0 Å². The van der Waals surface area contributed by atoms with E-state index in [-0.39, 0.29) is 0 Å². The minimum Gasteiger partial charge on any atom is -0.232 e. The first-order valence-electron chi connectivity index (χ1n) is 6.86. The van der Waals surface area contributed by atoms with Gasteiger partial charge in [0.1, 0.15) is 0 Å². The third-order valence-corrected chi connectivity index (χ3v) is 4.23. The summed E-state index contributed by atoms with van der Waals surface area (Å²) in [6, 6.07) is 16.2. The average molecular weight is 328 g/mol. The van der Waals surface area contributed by atoms with Crippen LogP contribution in [0.1, 0.15) is 5.69 Å². The molecule has 4 rings (SSSR count). The van der Waals surface area contributed by atoms with Crippen LogP contribution in [0, 0.1) is 0 Å². The van der Waals surface area contributed by atoms with E-state index in [1.807, 2.05) is 36.5 Å². The van der Waals surface area contributed by atoms with Gasteiger partial charge in [-0.15, -0.1) is 11.6 Å². The Kier molecular flexibility index (Phi) is 3.25. The molecule has 0 fully saturated rings. The van der Waals surface area contributed by atoms with Crippen molar-refractivity contribution in [1.29, 1.82) is 0 Å². The number of nitrogens with zero attached hydrogens (tertiary/aromatic N) is 3. The molecule has 0 saturated heterocycles. The Balaban J connectivity index is 2.10. The molecule has 0 spiro atoms. The molecule has 2 heterocycles. The maximum absolute atomic E-state index is 6.39. The molecule has 0 bridgehead atoms. The molecule has 0 amide bonds. The first-order chi connectivity index (χ1) is 10.8. The minimum absolute atomic E-state index is 0.355. The van der Waals surface area contributed by atoms with Crippen molar-refractivity contribution in [3.8, 4) is 11.1 Å². The van der Waals surface area contributed by atoms with Crippen molar-refractivity contribution in [2.75, 3.05) is 0 Å². The summed E-state index contributed by atoms with van der Waals surface area (Å²) in [4.78, 5) is 4.58. The van der Waals surface area contributed by atoms with Gasteiger partial charge in [-0.05, 0) is 22.4 Å². The highest BCUT2D eigenvalue weighted by Crippen LogP contribution is 2.35. The molecule has 0 aliphatic rings. The van der Waals surface area contributed by atoms with Gasteiger partial charge in [0.25, 0.3) is 0 Å². The highest BCUT2D eigenvalue weighted by molar-refractivity contribution is 6.33. The number of alkyl halides is 1. The van der Waals surface area contributed by atoms with Crippen LogP contribution in [0.4, 0.5) is 0 Å². The summed E-state index contributed by atoms with van der Waals surface area (Å²) in [7, 11) is 0. The first-order valence-corrected chi connectivity index (χ1v) is 7.77. The molecular weight excluding hydrogens is 317 g/mol. The molecule has 0 saturated carbocycles. The molecule has 108 valence electrons. The minimum atomic E-state index is 0.355. The number of hydrogen-bond donors (Lipinski definition) is 0. The van der Waals surface area contributed by atoms with Gasteiger partial charge in [0.15, 0.2) is 10.8 Å². The van der Waals surface area contributed by atoms with Gasteiger partial charge in [-0.3, -0.25) is 0 Å². The fourth-order valence-corrected chi connectivity index (χ4v) is 3.11. The Bertz CT molecular complexity index is 986. The lowest BCUT2D eigenvalue weighted by Crippen LogP contribution is -1.93. The number of rotatable bonds is 2. The molecule has 0 aliphatic carbocycles. The highest BCUT2D eigenvalue weighted by atomic mass is 35.5. The normalized spacial score (nSPS) is 11.4. The molecule has 0 N–H and O–H groups in total. The van der Waals surface area contributed by atoms with E-state index in [9.17, 15) is 0 Å². The Morgan fingerprint density at radius 1 is 1.00 bits per heavy atom. The van der Waals surface area contributed by atoms with Crippen LogP contribution in [0.3, 0.4) is 0 Å². The largest absolute Gasteiger partial charge is 0.232 e. The van der Waals surface area contributed by atoms with Gasteiger partial charge in [-0.25, -0.2) is 9.50 Å². The number of aromatic nitrogens is 3. The van der Waals surface area contributed by atoms with E-state index in [1.54, 1.807) is 4.52 Å². The molecule has 2 aromatic heterocycles. The van der Waals surface area contributed by atoms with Crippen molar-refractivity contribution < 1.29 is 0 Å².